The van der Waals surface area contributed by atoms with Gasteiger partial charge in [-0.3, -0.25) is 19.5 Å². The highest BCUT2D eigenvalue weighted by Gasteiger charge is 2.38. The summed E-state index contributed by atoms with van der Waals surface area (Å²) in [6.07, 6.45) is 2.27. The lowest BCUT2D eigenvalue weighted by Crippen LogP contribution is -2.37. The predicted octanol–water partition coefficient (Wildman–Crippen LogP) is 3.43. The number of esters is 1. The molecule has 0 spiro atoms. The normalized spacial score (nSPS) is 19.0. The number of ether oxygens (including phenoxy) is 1. The highest BCUT2D eigenvalue weighted by atomic mass is 35.5. The first-order chi connectivity index (χ1) is 14.5. The molecule has 1 fully saturated rings. The van der Waals surface area contributed by atoms with Crippen LogP contribution in [0.25, 0.3) is 10.9 Å². The second-order valence-electron chi connectivity index (χ2n) is 7.37. The molecular weight excluding hydrogens is 402 g/mol. The summed E-state index contributed by atoms with van der Waals surface area (Å²) in [5, 5.41) is 4.58. The minimum Gasteiger partial charge on any atom is -0.468 e. The number of benzene rings is 2. The van der Waals surface area contributed by atoms with Gasteiger partial charge in [0.25, 0.3) is 5.91 Å². The monoisotopic (exact) mass is 423 g/mol. The lowest BCUT2D eigenvalue weighted by Gasteiger charge is -2.22. The molecule has 2 heterocycles. The van der Waals surface area contributed by atoms with E-state index in [1.165, 1.54) is 7.11 Å². The highest BCUT2D eigenvalue weighted by molar-refractivity contribution is 6.30. The summed E-state index contributed by atoms with van der Waals surface area (Å²) in [4.78, 5) is 31.5. The molecule has 7 heteroatoms. The molecule has 1 aliphatic rings. The Morgan fingerprint density at radius 1 is 1.20 bits per heavy atom. The van der Waals surface area contributed by atoms with E-state index in [0.717, 1.165) is 16.5 Å². The molecule has 1 aliphatic heterocycles. The zero-order chi connectivity index (χ0) is 21.1. The van der Waals surface area contributed by atoms with Gasteiger partial charge in [-0.2, -0.15) is 0 Å². The molecule has 0 saturated carbocycles. The van der Waals surface area contributed by atoms with Crippen LogP contribution in [0.4, 0.5) is 0 Å². The first kappa shape index (κ1) is 20.3. The van der Waals surface area contributed by atoms with Gasteiger partial charge < -0.3 is 10.1 Å². The summed E-state index contributed by atoms with van der Waals surface area (Å²) < 4.78 is 5.02. The number of likely N-dealkylation sites (tertiary alicyclic amines) is 1. The average molecular weight is 424 g/mol. The molecule has 30 heavy (non-hydrogen) atoms. The van der Waals surface area contributed by atoms with Crippen LogP contribution < -0.4 is 5.32 Å². The maximum Gasteiger partial charge on any atom is 0.323 e. The molecular formula is C23H22ClN3O3. The Morgan fingerprint density at radius 3 is 2.83 bits per heavy atom. The first-order valence-corrected chi connectivity index (χ1v) is 10.1. The Morgan fingerprint density at radius 2 is 2.03 bits per heavy atom. The molecule has 0 bridgehead atoms. The van der Waals surface area contributed by atoms with Crippen molar-refractivity contribution in [1.29, 1.82) is 0 Å². The van der Waals surface area contributed by atoms with Crippen molar-refractivity contribution in [3.8, 4) is 0 Å². The molecule has 154 valence electrons. The Labute approximate surface area is 179 Å². The third kappa shape index (κ3) is 4.30. The van der Waals surface area contributed by atoms with E-state index >= 15 is 0 Å². The quantitative estimate of drug-likeness (QED) is 0.636. The lowest BCUT2D eigenvalue weighted by atomic mass is 10.1. The van der Waals surface area contributed by atoms with Crippen LogP contribution in [0, 0.1) is 0 Å². The number of pyridine rings is 1. The maximum atomic E-state index is 12.6. The van der Waals surface area contributed by atoms with Crippen molar-refractivity contribution in [2.75, 3.05) is 13.7 Å². The van der Waals surface area contributed by atoms with E-state index in [4.69, 9.17) is 16.3 Å². The van der Waals surface area contributed by atoms with Gasteiger partial charge in [-0.1, -0.05) is 35.9 Å². The largest absolute Gasteiger partial charge is 0.468 e. The summed E-state index contributed by atoms with van der Waals surface area (Å²) in [5.74, 6) is -0.504. The number of aromatic nitrogens is 1. The van der Waals surface area contributed by atoms with Crippen LogP contribution in [-0.2, 0) is 16.1 Å². The van der Waals surface area contributed by atoms with Crippen LogP contribution in [0.15, 0.2) is 60.8 Å². The van der Waals surface area contributed by atoms with Crippen LogP contribution in [0.3, 0.4) is 0 Å². The molecule has 2 atom stereocenters. The Hall–Kier alpha value is -2.96. The average Bonchev–Trinajstić information content (AvgIpc) is 3.15. The summed E-state index contributed by atoms with van der Waals surface area (Å²) >= 11 is 6.00. The number of hydrogen-bond donors (Lipinski definition) is 1. The predicted molar refractivity (Wildman–Crippen MR) is 115 cm³/mol. The Balaban J connectivity index is 1.53. The number of methoxy groups -OCH3 is 1. The minimum atomic E-state index is -0.424. The van der Waals surface area contributed by atoms with Crippen LogP contribution in [-0.4, -0.2) is 47.5 Å². The van der Waals surface area contributed by atoms with Gasteiger partial charge in [0.2, 0.25) is 0 Å². The summed E-state index contributed by atoms with van der Waals surface area (Å²) in [6, 6.07) is 16.1. The second kappa shape index (κ2) is 8.81. The molecule has 0 unspecified atom stereocenters. The van der Waals surface area contributed by atoms with Gasteiger partial charge in [-0.15, -0.1) is 0 Å². The number of halogens is 1. The van der Waals surface area contributed by atoms with E-state index in [2.05, 4.69) is 15.2 Å². The fraction of sp³-hybridized carbons (Fsp3) is 0.261. The molecule has 1 aromatic heterocycles. The number of carbonyl (C=O) groups is 2. The molecule has 6 nitrogen and oxygen atoms in total. The highest BCUT2D eigenvalue weighted by Crippen LogP contribution is 2.25. The van der Waals surface area contributed by atoms with Crippen LogP contribution >= 0.6 is 11.6 Å². The van der Waals surface area contributed by atoms with E-state index in [1.807, 2.05) is 30.3 Å². The van der Waals surface area contributed by atoms with Crippen molar-refractivity contribution in [3.63, 3.8) is 0 Å². The maximum absolute atomic E-state index is 12.6. The van der Waals surface area contributed by atoms with Crippen LogP contribution in [0.1, 0.15) is 22.3 Å². The molecule has 2 aromatic carbocycles. The Kier molecular flexibility index (Phi) is 5.97. The number of rotatable bonds is 5. The molecule has 1 amide bonds. The Bertz CT molecular complexity index is 1080. The van der Waals surface area contributed by atoms with Crippen molar-refractivity contribution in [2.45, 2.75) is 25.0 Å². The van der Waals surface area contributed by atoms with Crippen molar-refractivity contribution in [2.24, 2.45) is 0 Å². The smallest absolute Gasteiger partial charge is 0.323 e. The fourth-order valence-electron chi connectivity index (χ4n) is 3.97. The van der Waals surface area contributed by atoms with E-state index in [0.29, 0.717) is 30.1 Å². The molecule has 1 saturated heterocycles. The SMILES string of the molecule is COC(=O)[C@@H]1C[C@H](NC(=O)c2cccc(Cl)c2)CN1Cc1ccnc2ccccc12. The molecule has 0 aliphatic carbocycles. The van der Waals surface area contributed by atoms with E-state index in [-0.39, 0.29) is 17.9 Å². The molecule has 3 aromatic rings. The van der Waals surface area contributed by atoms with Gasteiger partial charge in [0, 0.05) is 41.3 Å². The molecule has 4 rings (SSSR count). The van der Waals surface area contributed by atoms with Crippen LogP contribution in [0.5, 0.6) is 0 Å². The molecule has 1 N–H and O–H groups in total. The number of hydrogen-bond acceptors (Lipinski definition) is 5. The standard InChI is InChI=1S/C23H22ClN3O3/c1-30-23(29)21-12-18(26-22(28)15-5-4-6-17(24)11-15)14-27(21)13-16-9-10-25-20-8-3-2-7-19(16)20/h2-11,18,21H,12-14H2,1H3,(H,26,28)/t18-,21-/m0/s1. The topological polar surface area (TPSA) is 71.5 Å². The number of carbonyl (C=O) groups excluding carboxylic acids is 2. The summed E-state index contributed by atoms with van der Waals surface area (Å²) in [7, 11) is 1.39. The van der Waals surface area contributed by atoms with Crippen molar-refractivity contribution >= 4 is 34.4 Å². The first-order valence-electron chi connectivity index (χ1n) is 9.76. The van der Waals surface area contributed by atoms with E-state index in [9.17, 15) is 9.59 Å². The van der Waals surface area contributed by atoms with Gasteiger partial charge in [0.1, 0.15) is 6.04 Å². The van der Waals surface area contributed by atoms with Crippen molar-refractivity contribution < 1.29 is 14.3 Å². The zero-order valence-electron chi connectivity index (χ0n) is 16.5. The van der Waals surface area contributed by atoms with Gasteiger partial charge >= 0.3 is 5.97 Å². The number of fused-ring (bicyclic) bond motifs is 1. The minimum absolute atomic E-state index is 0.173. The third-order valence-corrected chi connectivity index (χ3v) is 5.65. The number of nitrogens with one attached hydrogen (secondary N) is 1. The van der Waals surface area contributed by atoms with Crippen molar-refractivity contribution in [1.82, 2.24) is 15.2 Å². The number of nitrogens with zero attached hydrogens (tertiary/aromatic N) is 2. The summed E-state index contributed by atoms with van der Waals surface area (Å²) in [5.41, 5.74) is 2.49. The zero-order valence-corrected chi connectivity index (χ0v) is 17.3. The van der Waals surface area contributed by atoms with Gasteiger partial charge in [-0.25, -0.2) is 0 Å². The van der Waals surface area contributed by atoms with Crippen molar-refractivity contribution in [3.05, 3.63) is 76.9 Å². The van der Waals surface area contributed by atoms with Gasteiger partial charge in [-0.05, 0) is 42.3 Å². The molecule has 0 radical (unpaired) electrons. The summed E-state index contributed by atoms with van der Waals surface area (Å²) in [6.45, 7) is 1.11. The fourth-order valence-corrected chi connectivity index (χ4v) is 4.16. The number of amides is 1. The van der Waals surface area contributed by atoms with Gasteiger partial charge in [0.05, 0.1) is 12.6 Å². The van der Waals surface area contributed by atoms with Crippen LogP contribution in [0.2, 0.25) is 5.02 Å². The lowest BCUT2D eigenvalue weighted by molar-refractivity contribution is -0.146. The third-order valence-electron chi connectivity index (χ3n) is 5.41. The second-order valence-corrected chi connectivity index (χ2v) is 7.81. The van der Waals surface area contributed by atoms with Gasteiger partial charge in [0.15, 0.2) is 0 Å². The van der Waals surface area contributed by atoms with E-state index in [1.54, 1.807) is 30.5 Å². The van der Waals surface area contributed by atoms with E-state index < -0.39 is 6.04 Å². The number of para-hydroxylation sites is 1.